The molecule has 0 saturated carbocycles. The van der Waals surface area contributed by atoms with Crippen molar-refractivity contribution in [3.8, 4) is 11.3 Å². The van der Waals surface area contributed by atoms with Gasteiger partial charge in [0.15, 0.2) is 0 Å². The molecule has 1 aromatic carbocycles. The molecule has 4 heteroatoms. The summed E-state index contributed by atoms with van der Waals surface area (Å²) in [6.07, 6.45) is 2.80. The van der Waals surface area contributed by atoms with E-state index >= 15 is 0 Å². The number of imidazole rings is 1. The molecule has 0 radical (unpaired) electrons. The van der Waals surface area contributed by atoms with Crippen LogP contribution in [0.3, 0.4) is 0 Å². The van der Waals surface area contributed by atoms with Crippen LogP contribution in [-0.4, -0.2) is 16.5 Å². The maximum atomic E-state index is 5.64. The Hall–Kier alpha value is -1.13. The smallest absolute Gasteiger partial charge is 0.112 e. The first-order chi connectivity index (χ1) is 8.54. The third-order valence-electron chi connectivity index (χ3n) is 3.15. The lowest BCUT2D eigenvalue weighted by Crippen LogP contribution is -2.23. The molecule has 0 aliphatic heterocycles. The van der Waals surface area contributed by atoms with Crippen molar-refractivity contribution in [1.29, 1.82) is 0 Å². The second-order valence-corrected chi connectivity index (χ2v) is 5.90. The average Bonchev–Trinajstić information content (AvgIpc) is 2.79. The number of nitrogens with two attached hydrogens (primary N) is 1. The molecular weight excluding hydrogens is 290 g/mol. The highest BCUT2D eigenvalue weighted by Gasteiger charge is 2.23. The van der Waals surface area contributed by atoms with Crippen molar-refractivity contribution in [2.75, 3.05) is 6.54 Å². The van der Waals surface area contributed by atoms with E-state index in [-0.39, 0.29) is 5.41 Å². The number of hydrogen-bond acceptors (Lipinski definition) is 2. The Balaban J connectivity index is 2.34. The Labute approximate surface area is 116 Å². The highest BCUT2D eigenvalue weighted by molar-refractivity contribution is 9.10. The normalized spacial score (nSPS) is 11.8. The third-order valence-corrected chi connectivity index (χ3v) is 3.84. The van der Waals surface area contributed by atoms with Crippen LogP contribution < -0.4 is 5.73 Å². The largest absolute Gasteiger partial charge is 0.342 e. The lowest BCUT2D eigenvalue weighted by molar-refractivity contribution is 0.462. The van der Waals surface area contributed by atoms with E-state index < -0.39 is 0 Å². The van der Waals surface area contributed by atoms with Crippen molar-refractivity contribution in [3.63, 3.8) is 0 Å². The van der Waals surface area contributed by atoms with Gasteiger partial charge in [-0.15, -0.1) is 0 Å². The quantitative estimate of drug-likeness (QED) is 0.908. The number of hydrogen-bond donors (Lipinski definition) is 2. The molecule has 3 N–H and O–H groups in total. The van der Waals surface area contributed by atoms with Crippen molar-refractivity contribution >= 4 is 15.9 Å². The number of halogens is 1. The Morgan fingerprint density at radius 3 is 2.72 bits per heavy atom. The third kappa shape index (κ3) is 2.65. The molecule has 0 atom stereocenters. The first-order valence-electron chi connectivity index (χ1n) is 6.05. The maximum absolute atomic E-state index is 5.64. The molecule has 0 unspecified atom stereocenters. The van der Waals surface area contributed by atoms with Gasteiger partial charge in [-0.05, 0) is 19.0 Å². The highest BCUT2D eigenvalue weighted by Crippen LogP contribution is 2.30. The van der Waals surface area contributed by atoms with Crippen LogP contribution in [0.5, 0.6) is 0 Å². The minimum atomic E-state index is -0.0196. The summed E-state index contributed by atoms with van der Waals surface area (Å²) in [5.41, 5.74) is 7.78. The van der Waals surface area contributed by atoms with Gasteiger partial charge in [0.2, 0.25) is 0 Å². The molecule has 3 nitrogen and oxygen atoms in total. The van der Waals surface area contributed by atoms with Gasteiger partial charge in [-0.2, -0.15) is 0 Å². The van der Waals surface area contributed by atoms with E-state index in [1.165, 1.54) is 0 Å². The molecule has 0 aliphatic rings. The van der Waals surface area contributed by atoms with E-state index in [0.29, 0.717) is 6.54 Å². The molecule has 0 fully saturated rings. The van der Waals surface area contributed by atoms with E-state index in [2.05, 4.69) is 45.8 Å². The van der Waals surface area contributed by atoms with Crippen molar-refractivity contribution in [2.45, 2.75) is 25.7 Å². The van der Waals surface area contributed by atoms with Gasteiger partial charge in [0.25, 0.3) is 0 Å². The molecular formula is C14H18BrN3. The number of rotatable bonds is 4. The van der Waals surface area contributed by atoms with Crippen molar-refractivity contribution in [1.82, 2.24) is 9.97 Å². The minimum Gasteiger partial charge on any atom is -0.342 e. The molecule has 2 rings (SSSR count). The Kier molecular flexibility index (Phi) is 3.88. The second kappa shape index (κ2) is 5.24. The topological polar surface area (TPSA) is 54.7 Å². The second-order valence-electron chi connectivity index (χ2n) is 5.05. The van der Waals surface area contributed by atoms with Gasteiger partial charge in [-0.1, -0.05) is 48.0 Å². The van der Waals surface area contributed by atoms with Crippen molar-refractivity contribution in [2.24, 2.45) is 5.73 Å². The van der Waals surface area contributed by atoms with Crippen LogP contribution in [0.1, 0.15) is 26.1 Å². The van der Waals surface area contributed by atoms with E-state index in [1.54, 1.807) is 0 Å². The fourth-order valence-corrected chi connectivity index (χ4v) is 2.46. The van der Waals surface area contributed by atoms with Gasteiger partial charge in [0.1, 0.15) is 5.82 Å². The number of aromatic nitrogens is 2. The zero-order chi connectivity index (χ0) is 13.2. The molecule has 2 aromatic rings. The highest BCUT2D eigenvalue weighted by atomic mass is 79.9. The molecule has 0 aliphatic carbocycles. The van der Waals surface area contributed by atoms with E-state index in [0.717, 1.165) is 28.0 Å². The van der Waals surface area contributed by atoms with Crippen molar-refractivity contribution in [3.05, 3.63) is 40.8 Å². The molecule has 1 aromatic heterocycles. The molecule has 18 heavy (non-hydrogen) atoms. The average molecular weight is 308 g/mol. The standard InChI is InChI=1S/C14H18BrN3/c1-14(2,7-8-16)13-17-9-12(18-13)10-5-3-4-6-11(10)15/h3-6,9H,7-8,16H2,1-2H3,(H,17,18). The zero-order valence-corrected chi connectivity index (χ0v) is 12.3. The minimum absolute atomic E-state index is 0.0196. The Morgan fingerprint density at radius 1 is 1.33 bits per heavy atom. The molecule has 1 heterocycles. The van der Waals surface area contributed by atoms with Crippen LogP contribution in [0.25, 0.3) is 11.3 Å². The van der Waals surface area contributed by atoms with Crippen LogP contribution in [0.15, 0.2) is 34.9 Å². The summed E-state index contributed by atoms with van der Waals surface area (Å²) in [7, 11) is 0. The number of H-pyrrole nitrogens is 1. The van der Waals surface area contributed by atoms with Crippen LogP contribution in [-0.2, 0) is 5.41 Å². The van der Waals surface area contributed by atoms with Crippen molar-refractivity contribution < 1.29 is 0 Å². The summed E-state index contributed by atoms with van der Waals surface area (Å²) >= 11 is 3.56. The predicted molar refractivity (Wildman–Crippen MR) is 78.4 cm³/mol. The Morgan fingerprint density at radius 2 is 2.06 bits per heavy atom. The lowest BCUT2D eigenvalue weighted by Gasteiger charge is -2.20. The molecule has 0 amide bonds. The Bertz CT molecular complexity index is 531. The van der Waals surface area contributed by atoms with Gasteiger partial charge in [-0.25, -0.2) is 4.98 Å². The van der Waals surface area contributed by atoms with E-state index in [9.17, 15) is 0 Å². The van der Waals surface area contributed by atoms with E-state index in [1.807, 2.05) is 24.4 Å². The lowest BCUT2D eigenvalue weighted by atomic mass is 9.88. The zero-order valence-electron chi connectivity index (χ0n) is 10.7. The number of aromatic amines is 1. The monoisotopic (exact) mass is 307 g/mol. The van der Waals surface area contributed by atoms with Crippen LogP contribution in [0, 0.1) is 0 Å². The van der Waals surface area contributed by atoms with E-state index in [4.69, 9.17) is 5.73 Å². The summed E-state index contributed by atoms with van der Waals surface area (Å²) in [4.78, 5) is 7.89. The van der Waals surface area contributed by atoms with Gasteiger partial charge in [-0.3, -0.25) is 0 Å². The number of nitrogens with one attached hydrogen (secondary N) is 1. The maximum Gasteiger partial charge on any atom is 0.112 e. The fraction of sp³-hybridized carbons (Fsp3) is 0.357. The SMILES string of the molecule is CC(C)(CCN)c1ncc(-c2ccccc2Br)[nH]1. The van der Waals surface area contributed by atoms with Crippen LogP contribution >= 0.6 is 15.9 Å². The fourth-order valence-electron chi connectivity index (χ4n) is 1.96. The summed E-state index contributed by atoms with van der Waals surface area (Å²) < 4.78 is 1.07. The summed E-state index contributed by atoms with van der Waals surface area (Å²) in [5, 5.41) is 0. The van der Waals surface area contributed by atoms with Crippen LogP contribution in [0.4, 0.5) is 0 Å². The van der Waals surface area contributed by atoms with Gasteiger partial charge >= 0.3 is 0 Å². The van der Waals surface area contributed by atoms with Gasteiger partial charge in [0, 0.05) is 15.5 Å². The summed E-state index contributed by atoms with van der Waals surface area (Å²) in [6.45, 7) is 4.98. The van der Waals surface area contributed by atoms with Gasteiger partial charge < -0.3 is 10.7 Å². The molecule has 0 bridgehead atoms. The first-order valence-corrected chi connectivity index (χ1v) is 6.84. The number of nitrogens with zero attached hydrogens (tertiary/aromatic N) is 1. The first kappa shape index (κ1) is 13.3. The molecule has 0 saturated heterocycles. The summed E-state index contributed by atoms with van der Waals surface area (Å²) in [5.74, 6) is 0.985. The predicted octanol–water partition coefficient (Wildman–Crippen LogP) is 3.47. The molecule has 0 spiro atoms. The molecule has 96 valence electrons. The number of benzene rings is 1. The van der Waals surface area contributed by atoms with Crippen LogP contribution in [0.2, 0.25) is 0 Å². The van der Waals surface area contributed by atoms with Gasteiger partial charge in [0.05, 0.1) is 11.9 Å². The summed E-state index contributed by atoms with van der Waals surface area (Å²) in [6, 6.07) is 8.12.